The van der Waals surface area contributed by atoms with Gasteiger partial charge in [-0.2, -0.15) is 0 Å². The van der Waals surface area contributed by atoms with E-state index in [1.807, 2.05) is 71.1 Å². The number of halogens is 10. The molecule has 140 heavy (non-hydrogen) atoms. The Morgan fingerprint density at radius 1 is 0.357 bits per heavy atom. The highest BCUT2D eigenvalue weighted by atomic mass is 127. The smallest absolute Gasteiger partial charge is 0.341 e. The van der Waals surface area contributed by atoms with Gasteiger partial charge in [-0.25, -0.2) is 31.1 Å². The average Bonchev–Trinajstić information content (AvgIpc) is 1.93. The lowest BCUT2D eigenvalue weighted by Gasteiger charge is -2.34. The quantitative estimate of drug-likeness (QED) is 0.0178. The lowest BCUT2D eigenvalue weighted by Crippen LogP contribution is -2.45. The number of hydrogen-bond acceptors (Lipinski definition) is 23. The molecule has 10 atom stereocenters. The summed E-state index contributed by atoms with van der Waals surface area (Å²) in [7, 11) is 6.44. The van der Waals surface area contributed by atoms with Crippen molar-refractivity contribution >= 4 is 144 Å². The van der Waals surface area contributed by atoms with Gasteiger partial charge in [0.05, 0.1) is 127 Å². The largest absolute Gasteiger partial charge is 0.491 e. The molecule has 0 fully saturated rings. The van der Waals surface area contributed by atoms with Gasteiger partial charge < -0.3 is 113 Å². The van der Waals surface area contributed by atoms with Gasteiger partial charge in [-0.1, -0.05) is 32.0 Å². The molecule has 5 aromatic heterocycles. The Kier molecular flexibility index (Phi) is 31.6. The van der Waals surface area contributed by atoms with E-state index in [9.17, 15) is 114 Å². The number of aliphatic hydroxyl groups excluding tert-OH is 3. The number of pyridine rings is 5. The van der Waals surface area contributed by atoms with Crippen LogP contribution in [-0.2, 0) is 19.6 Å². The molecule has 0 spiro atoms. The van der Waals surface area contributed by atoms with Gasteiger partial charge in [-0.05, 0) is 168 Å². The van der Waals surface area contributed by atoms with Gasteiger partial charge in [-0.3, -0.25) is 62.3 Å². The second kappa shape index (κ2) is 42.3. The molecular formula is C93H98F6I4N14O23. The molecule has 0 saturated carbocycles. The minimum Gasteiger partial charge on any atom is -0.491 e. The summed E-state index contributed by atoms with van der Waals surface area (Å²) in [5.74, 6) is -10.7. The van der Waals surface area contributed by atoms with Crippen LogP contribution in [0.25, 0.3) is 0 Å². The number of aliphatic hydroxyl groups is 3. The van der Waals surface area contributed by atoms with Crippen molar-refractivity contribution in [2.45, 2.75) is 161 Å². The van der Waals surface area contributed by atoms with E-state index in [1.165, 1.54) is 85.5 Å². The molecule has 15 heterocycles. The normalized spacial score (nSPS) is 20.3. The molecule has 3 aromatic carbocycles. The maximum Gasteiger partial charge on any atom is 0.341 e. The number of carbonyl (C=O) groups excluding carboxylic acids is 8. The Morgan fingerprint density at radius 3 is 0.921 bits per heavy atom. The predicted octanol–water partition coefficient (Wildman–Crippen LogP) is 8.98. The number of ether oxygens (including phenoxy) is 5. The molecule has 8 N–H and O–H groups in total. The fourth-order valence-corrected chi connectivity index (χ4v) is 22.8. The standard InChI is InChI=1S/C23H25F2IN4O4.C22H22F2IN3O4.C21H20F2IN3O5.C14H16N2O6.C13H15IN2O4/c1-4-27-14-8-12-10-29(5-2)23(33)19-21(34-3)20(31)15(18(14)30(12)19)22(32)28-9-11-6-7-13(24)17(26)16(11)25;1-4-27-9-12-7-10(2)17-14(19(29)20(32-3)18(22(27)31)28(12)17)21(30)26-8-11-5-6-13(23)16(25)15(11)24;1-3-26-8-10-6-12(28)16-13(18(29)19(32-2)17(21(26)31)27(10)16)20(30)25-7-9-4-5-11(22)15(24)14(9)23;1-3-15-5-6-4-7(17)9-8(14(20)21)11(18)12(22-2)10(13(15)19)16(6)9;1-3-15-5-6-4-7(17)9-8(14)11(18)12(20-2)10(13(15)19)16(6)9/h6-7,12,14,27H,4-5,8-10H2,1-3H3,(H,28,32);5-6,10,12H,4,7-9H2,1-3H3,(H,26,30);4-5,10,12,28H,3,6-8H2,1-2H3,(H,25,30);6-7,17H,3-5H2,1-2H3,(H,20,21);6-7,17H,3-5H2,1-2H3/t12-,14?;10?,12-;10-,12?;2*6-,7?/m11111/s1. The van der Waals surface area contributed by atoms with Crippen molar-refractivity contribution in [1.82, 2.24) is 68.6 Å². The van der Waals surface area contributed by atoms with Crippen LogP contribution in [0.5, 0.6) is 28.7 Å². The second-order valence-electron chi connectivity index (χ2n) is 34.2. The predicted molar refractivity (Wildman–Crippen MR) is 523 cm³/mol. The van der Waals surface area contributed by atoms with E-state index in [0.717, 1.165) is 18.2 Å². The van der Waals surface area contributed by atoms with Gasteiger partial charge in [0.2, 0.25) is 27.1 Å². The van der Waals surface area contributed by atoms with Crippen LogP contribution in [0.15, 0.2) is 60.4 Å². The number of likely N-dealkylation sites (N-methyl/N-ethyl adjacent to an activating group) is 5. The van der Waals surface area contributed by atoms with E-state index < -0.39 is 110 Å². The number of carbonyl (C=O) groups is 9. The fourth-order valence-electron chi connectivity index (χ4n) is 20.3. The molecule has 10 aliphatic heterocycles. The third kappa shape index (κ3) is 18.1. The van der Waals surface area contributed by atoms with E-state index in [1.54, 1.807) is 83.4 Å². The highest BCUT2D eigenvalue weighted by molar-refractivity contribution is 14.1. The maximum atomic E-state index is 14.4. The summed E-state index contributed by atoms with van der Waals surface area (Å²) in [6, 6.07) is 5.98. The third-order valence-corrected chi connectivity index (χ3v) is 30.7. The first-order valence-corrected chi connectivity index (χ1v) is 49.1. The minimum absolute atomic E-state index is 0.00223. The highest BCUT2D eigenvalue weighted by Gasteiger charge is 2.51. The lowest BCUT2D eigenvalue weighted by atomic mass is 9.99. The average molecular weight is 2400 g/mol. The van der Waals surface area contributed by atoms with Crippen molar-refractivity contribution in [2.75, 3.05) is 108 Å². The number of carboxylic acid groups (broad SMARTS) is 1. The first-order valence-electron chi connectivity index (χ1n) is 44.7. The second-order valence-corrected chi connectivity index (χ2v) is 38.5. The summed E-state index contributed by atoms with van der Waals surface area (Å²) < 4.78 is 118. The van der Waals surface area contributed by atoms with Crippen molar-refractivity contribution in [2.24, 2.45) is 0 Å². The number of amides is 8. The molecule has 18 rings (SSSR count). The maximum absolute atomic E-state index is 14.4. The minimum atomic E-state index is -1.43. The monoisotopic (exact) mass is 2400 g/mol. The number of aromatic carboxylic acids is 1. The number of rotatable bonds is 22. The van der Waals surface area contributed by atoms with E-state index >= 15 is 0 Å². The summed E-state index contributed by atoms with van der Waals surface area (Å²) in [5, 5.41) is 51.4. The summed E-state index contributed by atoms with van der Waals surface area (Å²) in [5.41, 5.74) is -2.07. The molecule has 5 unspecified atom stereocenters. The summed E-state index contributed by atoms with van der Waals surface area (Å²) in [6.07, 6.45) is -0.619. The Balaban J connectivity index is 0.000000141. The first kappa shape index (κ1) is 105. The Hall–Kier alpha value is -11.0. The Bertz CT molecular complexity index is 6670. The number of methoxy groups -OCH3 is 5. The van der Waals surface area contributed by atoms with E-state index in [0.29, 0.717) is 112 Å². The number of aromatic nitrogens is 5. The molecule has 748 valence electrons. The molecular weight excluding hydrogens is 2300 g/mol. The number of nitrogens with one attached hydrogen (secondary N) is 4. The topological polar surface area (TPSA) is 455 Å². The van der Waals surface area contributed by atoms with Crippen molar-refractivity contribution in [3.05, 3.63) is 233 Å². The zero-order valence-corrected chi connectivity index (χ0v) is 86.1. The molecule has 10 aliphatic rings. The van der Waals surface area contributed by atoms with Crippen molar-refractivity contribution in [3.63, 3.8) is 0 Å². The SMILES string of the molecule is CCN1C[C@H]2CC(C)c3c(C(=O)NCc4ccc(F)c(I)c4F)c(=O)c(OC)c(n32)C1=O.CCN1C[C@H]2CC(O)c3c(C(=O)NCc4ccc(F)c(I)c4F)c(=O)c(OC)c(n32)C1=O.CCN1C[C@H]2CC(O)c3c(C(=O)O)c(=O)c(OC)c(n32)C1=O.CCN1C[C@H]2CC(O)c3c(I)c(=O)c(OC)c(n32)C1=O.CCNC1C[C@@H]2CN(CC)C(=O)c3c(OC)c(=O)c(C(=O)NCc4ccc(F)c(I)c4F)c1n32. The molecule has 8 aromatic rings. The van der Waals surface area contributed by atoms with Crippen LogP contribution < -0.4 is 72.1 Å². The van der Waals surface area contributed by atoms with Gasteiger partial charge in [0.15, 0.2) is 57.2 Å². The molecule has 8 amide bonds. The van der Waals surface area contributed by atoms with Crippen molar-refractivity contribution < 1.29 is 114 Å². The van der Waals surface area contributed by atoms with E-state index in [-0.39, 0.29) is 216 Å². The Morgan fingerprint density at radius 2 is 0.614 bits per heavy atom. The molecule has 37 nitrogen and oxygen atoms in total. The number of nitrogens with zero attached hydrogens (tertiary/aromatic N) is 10. The van der Waals surface area contributed by atoms with Crippen molar-refractivity contribution in [3.8, 4) is 28.7 Å². The first-order chi connectivity index (χ1) is 66.6. The fraction of sp³-hybridized carbons (Fsp3) is 0.441. The molecule has 0 aliphatic carbocycles. The molecule has 0 bridgehead atoms. The summed E-state index contributed by atoms with van der Waals surface area (Å²) >= 11 is 6.57. The summed E-state index contributed by atoms with van der Waals surface area (Å²) in [6.45, 7) is 17.6. The summed E-state index contributed by atoms with van der Waals surface area (Å²) in [4.78, 5) is 188. The highest BCUT2D eigenvalue weighted by Crippen LogP contribution is 2.49. The number of carboxylic acids is 1. The van der Waals surface area contributed by atoms with Crippen LogP contribution in [0, 0.1) is 49.2 Å². The van der Waals surface area contributed by atoms with Gasteiger partial charge in [-0.15, -0.1) is 0 Å². The van der Waals surface area contributed by atoms with Crippen molar-refractivity contribution in [1.29, 1.82) is 0 Å². The lowest BCUT2D eigenvalue weighted by molar-refractivity contribution is 0.0658. The molecule has 0 radical (unpaired) electrons. The third-order valence-electron chi connectivity index (χ3n) is 26.7. The van der Waals surface area contributed by atoms with Crippen LogP contribution >= 0.6 is 90.4 Å². The van der Waals surface area contributed by atoms with E-state index in [4.69, 9.17) is 23.7 Å². The van der Waals surface area contributed by atoms with Crippen LogP contribution in [0.2, 0.25) is 0 Å². The van der Waals surface area contributed by atoms with Gasteiger partial charge in [0.1, 0.15) is 57.2 Å². The molecule has 47 heteroatoms. The molecule has 0 saturated heterocycles. The van der Waals surface area contributed by atoms with Crippen LogP contribution in [0.3, 0.4) is 0 Å². The van der Waals surface area contributed by atoms with Gasteiger partial charge >= 0.3 is 5.97 Å². The Labute approximate surface area is 848 Å². The number of benzene rings is 3. The van der Waals surface area contributed by atoms with Crippen LogP contribution in [0.1, 0.15) is 280 Å². The van der Waals surface area contributed by atoms with E-state index in [2.05, 4.69) is 21.3 Å². The van der Waals surface area contributed by atoms with Crippen LogP contribution in [-0.4, -0.2) is 229 Å². The van der Waals surface area contributed by atoms with Crippen LogP contribution in [0.4, 0.5) is 26.3 Å². The van der Waals surface area contributed by atoms with Gasteiger partial charge in [0.25, 0.3) is 47.3 Å². The van der Waals surface area contributed by atoms with Gasteiger partial charge in [0, 0.05) is 127 Å². The zero-order valence-electron chi connectivity index (χ0n) is 77.5. The zero-order chi connectivity index (χ0) is 102. The number of hydrogen-bond donors (Lipinski definition) is 8.